The van der Waals surface area contributed by atoms with Gasteiger partial charge in [0.1, 0.15) is 0 Å². The van der Waals surface area contributed by atoms with E-state index in [0.717, 1.165) is 31.9 Å². The van der Waals surface area contributed by atoms with Gasteiger partial charge in [-0.3, -0.25) is 4.90 Å². The first-order chi connectivity index (χ1) is 12.6. The molecule has 26 heavy (non-hydrogen) atoms. The van der Waals surface area contributed by atoms with Gasteiger partial charge in [-0.15, -0.1) is 0 Å². The molecule has 3 heteroatoms. The first kappa shape index (κ1) is 19.1. The summed E-state index contributed by atoms with van der Waals surface area (Å²) in [7, 11) is -1.39. The Bertz CT molecular complexity index is 703. The van der Waals surface area contributed by atoms with Gasteiger partial charge in [0, 0.05) is 13.1 Å². The summed E-state index contributed by atoms with van der Waals surface area (Å²) in [5, 5.41) is 1.55. The zero-order valence-electron chi connectivity index (χ0n) is 16.2. The summed E-state index contributed by atoms with van der Waals surface area (Å²) in [6.45, 7) is 14.5. The lowest BCUT2D eigenvalue weighted by atomic mass is 10.00. The van der Waals surface area contributed by atoms with Crippen molar-refractivity contribution < 1.29 is 4.74 Å². The van der Waals surface area contributed by atoms with E-state index in [0.29, 0.717) is 0 Å². The van der Waals surface area contributed by atoms with Crippen LogP contribution in [0.1, 0.15) is 17.5 Å². The highest BCUT2D eigenvalue weighted by Crippen LogP contribution is 2.21. The molecule has 0 saturated carbocycles. The van der Waals surface area contributed by atoms with Crippen LogP contribution in [0.4, 0.5) is 0 Å². The zero-order chi connectivity index (χ0) is 18.4. The van der Waals surface area contributed by atoms with Gasteiger partial charge in [-0.2, -0.15) is 0 Å². The predicted octanol–water partition coefficient (Wildman–Crippen LogP) is 4.39. The Labute approximate surface area is 159 Å². The second-order valence-electron chi connectivity index (χ2n) is 7.86. The van der Waals surface area contributed by atoms with E-state index in [2.05, 4.69) is 73.1 Å². The van der Waals surface area contributed by atoms with E-state index >= 15 is 0 Å². The van der Waals surface area contributed by atoms with Crippen LogP contribution in [0, 0.1) is 0 Å². The average molecular weight is 366 g/mol. The molecule has 3 rings (SSSR count). The van der Waals surface area contributed by atoms with E-state index < -0.39 is 8.07 Å². The lowest BCUT2D eigenvalue weighted by Gasteiger charge is -2.29. The maximum atomic E-state index is 5.44. The summed E-state index contributed by atoms with van der Waals surface area (Å²) in [6.07, 6.45) is 1.29. The van der Waals surface area contributed by atoms with Gasteiger partial charge >= 0.3 is 0 Å². The van der Waals surface area contributed by atoms with Crippen LogP contribution in [0.15, 0.2) is 61.2 Å². The van der Waals surface area contributed by atoms with Gasteiger partial charge in [0.2, 0.25) is 0 Å². The van der Waals surface area contributed by atoms with Gasteiger partial charge in [0.15, 0.2) is 0 Å². The van der Waals surface area contributed by atoms with Crippen molar-refractivity contribution in [2.45, 2.75) is 25.6 Å². The lowest BCUT2D eigenvalue weighted by molar-refractivity contribution is 0.0379. The number of nitrogens with zero attached hydrogens (tertiary/aromatic N) is 1. The molecule has 0 aliphatic carbocycles. The molecule has 0 atom stereocenters. The maximum Gasteiger partial charge on any atom is 0.0806 e. The first-order valence-electron chi connectivity index (χ1n) is 9.72. The second-order valence-corrected chi connectivity index (χ2v) is 12.7. The third-order valence-electron chi connectivity index (χ3n) is 5.52. The molecule has 0 radical (unpaired) electrons. The van der Waals surface area contributed by atoms with Gasteiger partial charge in [-0.25, -0.2) is 0 Å². The standard InChI is InChI=1S/C23H31NOSi/c1-20(21-8-5-4-6-9-21)22-10-12-23(13-11-22)26(2,3)19-7-14-24-15-17-25-18-16-24/h4-6,8-13H,1,7,14-19H2,2-3H3. The van der Waals surface area contributed by atoms with Gasteiger partial charge in [-0.05, 0) is 29.7 Å². The Morgan fingerprint density at radius 1 is 0.962 bits per heavy atom. The second kappa shape index (κ2) is 8.80. The number of benzene rings is 2. The zero-order valence-corrected chi connectivity index (χ0v) is 17.2. The molecule has 138 valence electrons. The molecular formula is C23H31NOSi. The predicted molar refractivity (Wildman–Crippen MR) is 115 cm³/mol. The minimum Gasteiger partial charge on any atom is -0.379 e. The van der Waals surface area contributed by atoms with Crippen molar-refractivity contribution in [2.75, 3.05) is 32.8 Å². The number of ether oxygens (including phenoxy) is 1. The van der Waals surface area contributed by atoms with Crippen LogP contribution < -0.4 is 5.19 Å². The third-order valence-corrected chi connectivity index (χ3v) is 9.02. The molecule has 2 aromatic rings. The van der Waals surface area contributed by atoms with Crippen molar-refractivity contribution in [2.24, 2.45) is 0 Å². The van der Waals surface area contributed by atoms with E-state index in [1.165, 1.54) is 30.1 Å². The maximum absolute atomic E-state index is 5.44. The molecule has 2 aromatic carbocycles. The van der Waals surface area contributed by atoms with Crippen LogP contribution in [0.3, 0.4) is 0 Å². The molecule has 1 aliphatic rings. The molecule has 1 aliphatic heterocycles. The largest absolute Gasteiger partial charge is 0.379 e. The van der Waals surface area contributed by atoms with Crippen molar-refractivity contribution in [3.63, 3.8) is 0 Å². The van der Waals surface area contributed by atoms with Gasteiger partial charge in [0.25, 0.3) is 0 Å². The molecule has 0 aromatic heterocycles. The number of hydrogen-bond acceptors (Lipinski definition) is 2. The number of morpholine rings is 1. The van der Waals surface area contributed by atoms with Crippen LogP contribution in [0.2, 0.25) is 19.1 Å². The fourth-order valence-electron chi connectivity index (χ4n) is 3.64. The summed E-state index contributed by atoms with van der Waals surface area (Å²) in [4.78, 5) is 2.54. The SMILES string of the molecule is C=C(c1ccccc1)c1ccc([Si](C)(C)CCCN2CCOCC2)cc1. The molecule has 0 N–H and O–H groups in total. The monoisotopic (exact) mass is 365 g/mol. The molecule has 0 bridgehead atoms. The molecule has 0 spiro atoms. The summed E-state index contributed by atoms with van der Waals surface area (Å²) in [5.74, 6) is 0. The summed E-state index contributed by atoms with van der Waals surface area (Å²) in [6, 6.07) is 21.0. The smallest absolute Gasteiger partial charge is 0.0806 e. The molecule has 1 fully saturated rings. The lowest BCUT2D eigenvalue weighted by Crippen LogP contribution is -2.42. The van der Waals surface area contributed by atoms with Crippen molar-refractivity contribution in [1.82, 2.24) is 4.90 Å². The van der Waals surface area contributed by atoms with Crippen LogP contribution in [-0.2, 0) is 4.74 Å². The molecular weight excluding hydrogens is 334 g/mol. The van der Waals surface area contributed by atoms with Crippen LogP contribution in [0.25, 0.3) is 5.57 Å². The highest BCUT2D eigenvalue weighted by atomic mass is 28.3. The fourth-order valence-corrected chi connectivity index (χ4v) is 6.04. The van der Waals surface area contributed by atoms with Crippen molar-refractivity contribution >= 4 is 18.8 Å². The third kappa shape index (κ3) is 4.94. The van der Waals surface area contributed by atoms with Crippen LogP contribution in [-0.4, -0.2) is 45.8 Å². The van der Waals surface area contributed by atoms with Crippen LogP contribution in [0.5, 0.6) is 0 Å². The minimum absolute atomic E-state index is 0.896. The molecule has 2 nitrogen and oxygen atoms in total. The summed E-state index contributed by atoms with van der Waals surface area (Å²) < 4.78 is 5.44. The van der Waals surface area contributed by atoms with Gasteiger partial charge in [-0.1, -0.05) is 85.5 Å². The first-order valence-corrected chi connectivity index (χ1v) is 12.9. The molecule has 1 heterocycles. The molecule has 0 amide bonds. The topological polar surface area (TPSA) is 12.5 Å². The van der Waals surface area contributed by atoms with E-state index in [1.807, 2.05) is 6.07 Å². The van der Waals surface area contributed by atoms with Crippen molar-refractivity contribution in [3.05, 3.63) is 72.3 Å². The fraction of sp³-hybridized carbons (Fsp3) is 0.391. The van der Waals surface area contributed by atoms with E-state index in [4.69, 9.17) is 4.74 Å². The van der Waals surface area contributed by atoms with E-state index in [-0.39, 0.29) is 0 Å². The normalized spacial score (nSPS) is 15.8. The summed E-state index contributed by atoms with van der Waals surface area (Å²) >= 11 is 0. The minimum atomic E-state index is -1.39. The Morgan fingerprint density at radius 3 is 2.23 bits per heavy atom. The van der Waals surface area contributed by atoms with Crippen LogP contribution >= 0.6 is 0 Å². The Balaban J connectivity index is 1.58. The van der Waals surface area contributed by atoms with Gasteiger partial charge < -0.3 is 4.74 Å². The number of hydrogen-bond donors (Lipinski definition) is 0. The average Bonchev–Trinajstić information content (AvgIpc) is 2.69. The highest BCUT2D eigenvalue weighted by Gasteiger charge is 2.23. The summed E-state index contributed by atoms with van der Waals surface area (Å²) in [5.41, 5.74) is 3.52. The number of rotatable bonds is 7. The van der Waals surface area contributed by atoms with Crippen molar-refractivity contribution in [1.29, 1.82) is 0 Å². The molecule has 1 saturated heterocycles. The van der Waals surface area contributed by atoms with E-state index in [1.54, 1.807) is 5.19 Å². The van der Waals surface area contributed by atoms with E-state index in [9.17, 15) is 0 Å². The van der Waals surface area contributed by atoms with Gasteiger partial charge in [0.05, 0.1) is 21.3 Å². The van der Waals surface area contributed by atoms with Crippen molar-refractivity contribution in [3.8, 4) is 0 Å². The Hall–Kier alpha value is -1.68. The Morgan fingerprint density at radius 2 is 1.58 bits per heavy atom. The Kier molecular flexibility index (Phi) is 6.46. The molecule has 0 unspecified atom stereocenters. The quantitative estimate of drug-likeness (QED) is 0.675. The highest BCUT2D eigenvalue weighted by molar-refractivity contribution is 6.89.